The van der Waals surface area contributed by atoms with Crippen LogP contribution in [0.15, 0.2) is 115 Å². The third-order valence-electron chi connectivity index (χ3n) is 9.53. The van der Waals surface area contributed by atoms with Crippen molar-refractivity contribution in [1.29, 1.82) is 10.8 Å². The van der Waals surface area contributed by atoms with Crippen LogP contribution in [0.4, 0.5) is 0 Å². The minimum atomic E-state index is -0.871. The molecular weight excluding hydrogens is 840 g/mol. The number of terminal acetylenes is 1. The van der Waals surface area contributed by atoms with Crippen LogP contribution in [0.25, 0.3) is 27.8 Å². The average Bonchev–Trinajstić information content (AvgIpc) is 3.87. The Bertz CT molecular complexity index is 2940. The maximum absolute atomic E-state index is 10.9. The number of hydrogen-bond donors (Lipinski definition) is 4. The molecule has 0 amide bonds. The zero-order valence-electron chi connectivity index (χ0n) is 30.4. The van der Waals surface area contributed by atoms with Gasteiger partial charge in [-0.15, -0.1) is 11.5 Å². The van der Waals surface area contributed by atoms with E-state index in [1.165, 1.54) is 0 Å². The van der Waals surface area contributed by atoms with Crippen molar-refractivity contribution >= 4 is 80.1 Å². The molecule has 8 rings (SSSR count). The first-order valence-corrected chi connectivity index (χ1v) is 19.6. The van der Waals surface area contributed by atoms with Crippen LogP contribution in [0.2, 0.25) is 25.1 Å². The molecule has 4 N–H and O–H groups in total. The molecule has 0 saturated heterocycles. The number of nitrogens with one attached hydrogen (secondary N) is 2. The second-order valence-electron chi connectivity index (χ2n) is 13.2. The van der Waals surface area contributed by atoms with E-state index in [4.69, 9.17) is 75.2 Å². The van der Waals surface area contributed by atoms with Gasteiger partial charge in [0.05, 0.1) is 97.5 Å². The Kier molecular flexibility index (Phi) is 12.5. The molecule has 0 fully saturated rings. The molecule has 3 heterocycles. The number of aromatic nitrogens is 7. The molecule has 0 spiro atoms. The highest BCUT2D eigenvalue weighted by atomic mass is 35.5. The molecule has 0 aliphatic rings. The van der Waals surface area contributed by atoms with Gasteiger partial charge in [0.25, 0.3) is 0 Å². The molecule has 16 heteroatoms. The van der Waals surface area contributed by atoms with Crippen LogP contribution in [0.1, 0.15) is 29.0 Å². The van der Waals surface area contributed by atoms with Crippen molar-refractivity contribution < 1.29 is 10.2 Å². The molecule has 0 saturated carbocycles. The van der Waals surface area contributed by atoms with Crippen LogP contribution in [-0.2, 0) is 26.2 Å². The van der Waals surface area contributed by atoms with Gasteiger partial charge < -0.3 is 23.9 Å². The lowest BCUT2D eigenvalue weighted by Crippen LogP contribution is -2.27. The van der Waals surface area contributed by atoms with Gasteiger partial charge in [-0.2, -0.15) is 0 Å². The van der Waals surface area contributed by atoms with E-state index in [1.54, 1.807) is 67.0 Å². The summed E-state index contributed by atoms with van der Waals surface area (Å²) in [7, 11) is 0. The second-order valence-corrected chi connectivity index (χ2v) is 15.2. The predicted octanol–water partition coefficient (Wildman–Crippen LogP) is 8.84. The van der Waals surface area contributed by atoms with Crippen LogP contribution in [-0.4, -0.2) is 43.5 Å². The van der Waals surface area contributed by atoms with Gasteiger partial charge in [-0.05, 0) is 71.8 Å². The molecule has 8 aromatic rings. The van der Waals surface area contributed by atoms with Crippen molar-refractivity contribution in [2.75, 3.05) is 0 Å². The summed E-state index contributed by atoms with van der Waals surface area (Å²) in [6.45, 7) is 1.03. The van der Waals surface area contributed by atoms with Crippen LogP contribution >= 0.6 is 58.0 Å². The van der Waals surface area contributed by atoms with E-state index in [0.29, 0.717) is 55.0 Å². The summed E-state index contributed by atoms with van der Waals surface area (Å²) in [5.41, 5.74) is 6.52. The number of aliphatic hydroxyl groups is 2. The zero-order valence-corrected chi connectivity index (χ0v) is 34.2. The van der Waals surface area contributed by atoms with E-state index >= 15 is 0 Å². The summed E-state index contributed by atoms with van der Waals surface area (Å²) in [5.74, 6) is 2.56. The largest absolute Gasteiger partial charge is 0.387 e. The van der Waals surface area contributed by atoms with Crippen molar-refractivity contribution in [3.63, 3.8) is 0 Å². The van der Waals surface area contributed by atoms with E-state index in [1.807, 2.05) is 71.3 Å². The maximum Gasteiger partial charge on any atom is 0.203 e. The Morgan fingerprint density at radius 2 is 1.05 bits per heavy atom. The van der Waals surface area contributed by atoms with E-state index in [9.17, 15) is 10.2 Å². The molecule has 294 valence electrons. The number of aliphatic hydroxyl groups excluding tert-OH is 2. The van der Waals surface area contributed by atoms with Crippen LogP contribution in [0.3, 0.4) is 0 Å². The number of hydrogen-bond acceptors (Lipinski definition) is 6. The van der Waals surface area contributed by atoms with Crippen molar-refractivity contribution in [3.05, 3.63) is 169 Å². The van der Waals surface area contributed by atoms with Crippen molar-refractivity contribution in [3.8, 4) is 18.0 Å². The minimum Gasteiger partial charge on any atom is -0.387 e. The summed E-state index contributed by atoms with van der Waals surface area (Å²) < 4.78 is 8.69. The van der Waals surface area contributed by atoms with Crippen LogP contribution < -0.4 is 11.2 Å². The van der Waals surface area contributed by atoms with Crippen molar-refractivity contribution in [2.24, 2.45) is 0 Å². The molecule has 58 heavy (non-hydrogen) atoms. The Hall–Kier alpha value is -5.29. The third kappa shape index (κ3) is 8.46. The molecule has 0 aliphatic carbocycles. The smallest absolute Gasteiger partial charge is 0.203 e. The summed E-state index contributed by atoms with van der Waals surface area (Å²) in [6.07, 6.45) is 5.52. The first-order chi connectivity index (χ1) is 27.9. The lowest BCUT2D eigenvalue weighted by atomic mass is 10.1. The highest BCUT2D eigenvalue weighted by Gasteiger charge is 2.18. The lowest BCUT2D eigenvalue weighted by Gasteiger charge is -2.13. The van der Waals surface area contributed by atoms with Gasteiger partial charge in [0, 0.05) is 0 Å². The summed E-state index contributed by atoms with van der Waals surface area (Å²) in [5, 5.41) is 49.3. The Morgan fingerprint density at radius 1 is 0.586 bits per heavy atom. The van der Waals surface area contributed by atoms with Gasteiger partial charge in [-0.3, -0.25) is 15.4 Å². The fourth-order valence-electron chi connectivity index (χ4n) is 6.65. The topological polar surface area (TPSA) is 139 Å². The van der Waals surface area contributed by atoms with E-state index in [-0.39, 0.29) is 24.3 Å². The molecule has 0 radical (unpaired) electrons. The maximum atomic E-state index is 10.9. The highest BCUT2D eigenvalue weighted by Crippen LogP contribution is 2.29. The number of nitrogens with zero attached hydrogens (tertiary/aromatic N) is 7. The summed E-state index contributed by atoms with van der Waals surface area (Å²) in [6, 6.07) is 32.7. The molecule has 0 aliphatic heterocycles. The Labute approximate surface area is 357 Å². The van der Waals surface area contributed by atoms with Gasteiger partial charge in [-0.1, -0.05) is 118 Å². The van der Waals surface area contributed by atoms with E-state index in [2.05, 4.69) is 16.2 Å². The zero-order chi connectivity index (χ0) is 41.1. The molecule has 5 aromatic carbocycles. The third-order valence-corrected chi connectivity index (χ3v) is 11.3. The first-order valence-electron chi connectivity index (χ1n) is 17.8. The van der Waals surface area contributed by atoms with E-state index < -0.39 is 12.2 Å². The van der Waals surface area contributed by atoms with E-state index in [0.717, 1.165) is 27.8 Å². The highest BCUT2D eigenvalue weighted by molar-refractivity contribution is 6.42. The minimum absolute atomic E-state index is 0.177. The first kappa shape index (κ1) is 40.9. The summed E-state index contributed by atoms with van der Waals surface area (Å²) in [4.78, 5) is 0. The Morgan fingerprint density at radius 3 is 1.55 bits per heavy atom. The van der Waals surface area contributed by atoms with Crippen LogP contribution in [0.5, 0.6) is 0 Å². The average molecular weight is 874 g/mol. The number of imidazole rings is 2. The number of benzene rings is 5. The predicted molar refractivity (Wildman–Crippen MR) is 229 cm³/mol. The van der Waals surface area contributed by atoms with Gasteiger partial charge in [-0.25, -0.2) is 4.68 Å². The van der Waals surface area contributed by atoms with Crippen molar-refractivity contribution in [2.45, 2.75) is 38.4 Å². The lowest BCUT2D eigenvalue weighted by molar-refractivity contribution is 0.155. The normalized spacial score (nSPS) is 12.3. The fourth-order valence-corrected chi connectivity index (χ4v) is 7.49. The van der Waals surface area contributed by atoms with Gasteiger partial charge in [0.1, 0.15) is 5.69 Å². The molecule has 2 unspecified atom stereocenters. The van der Waals surface area contributed by atoms with Crippen molar-refractivity contribution in [1.82, 2.24) is 33.3 Å². The van der Waals surface area contributed by atoms with Gasteiger partial charge >= 0.3 is 0 Å². The van der Waals surface area contributed by atoms with Gasteiger partial charge in [0.2, 0.25) is 11.2 Å². The molecule has 11 nitrogen and oxygen atoms in total. The summed E-state index contributed by atoms with van der Waals surface area (Å²) >= 11 is 30.4. The Balaban J connectivity index is 0.000000188. The molecule has 3 aromatic heterocycles. The molecule has 2 atom stereocenters. The number of rotatable bonds is 10. The monoisotopic (exact) mass is 871 g/mol. The fraction of sp³-hybridized carbons (Fsp3) is 0.143. The SMILES string of the molecule is C#CCn1c(=N)n(CC(O)c2ccc(Cl)c(Cl)c2)c2ccccc21.N=c1n(Cc2cn(-c3ccccc3Cl)nn2)c2ccccc2n1CC(O)c1ccc(Cl)c(Cl)c1. The number of fused-ring (bicyclic) bond motifs is 2. The second kappa shape index (κ2) is 17.7. The van der Waals surface area contributed by atoms with Crippen LogP contribution in [0, 0.1) is 23.2 Å². The number of para-hydroxylation sites is 5. The quantitative estimate of drug-likeness (QED) is 0.102. The van der Waals surface area contributed by atoms with Gasteiger partial charge in [0.15, 0.2) is 0 Å². The number of halogens is 5. The molecule has 0 bridgehead atoms. The standard InChI is InChI=1S/C24H19Cl3N6O.C18H15Cl2N3O/c25-17-10-9-15(11-19(17)27)23(34)14-32-22-8-4-3-7-21(22)31(24(32)28)12-16-13-33(30-29-16)20-6-2-1-5-18(20)26;1-2-9-22-15-5-3-4-6-16(15)23(18(22)21)11-17(24)12-7-8-13(19)14(20)10-12/h1-11,13,23,28,34H,12,14H2;1,3-8,10,17,21,24H,9,11H2. The molecular formula is C42H34Cl5N9O2.